The largest absolute Gasteiger partial charge is 0.479 e. The van der Waals surface area contributed by atoms with Gasteiger partial charge in [0.05, 0.1) is 11.9 Å². The number of sulfonamides is 1. The fourth-order valence-corrected chi connectivity index (χ4v) is 5.17. The molecule has 0 aliphatic carbocycles. The topological polar surface area (TPSA) is 209 Å². The SMILES string of the molecule is CN1CCN(Cc2ccc(Nc3ncc(Cl)c(Nc4ccccc4S(=O)(=O)N(C)C)n3)cc2)CC1.O=C(O)C(O)C(O)C(=O)O. The predicted octanol–water partition coefficient (Wildman–Crippen LogP) is 1.49. The summed E-state index contributed by atoms with van der Waals surface area (Å²) in [7, 11) is 1.48. The Kier molecular flexibility index (Phi) is 12.6. The summed E-state index contributed by atoms with van der Waals surface area (Å²) in [5, 5.41) is 39.0. The Morgan fingerprint density at radius 1 is 0.956 bits per heavy atom. The maximum atomic E-state index is 12.7. The van der Waals surface area contributed by atoms with E-state index in [1.165, 1.54) is 31.9 Å². The number of rotatable bonds is 11. The third-order valence-corrected chi connectivity index (χ3v) is 8.81. The first kappa shape index (κ1) is 35.6. The summed E-state index contributed by atoms with van der Waals surface area (Å²) in [4.78, 5) is 33.2. The van der Waals surface area contributed by atoms with Crippen LogP contribution >= 0.6 is 11.6 Å². The third-order valence-electron chi connectivity index (χ3n) is 6.66. The zero-order valence-electron chi connectivity index (χ0n) is 24.8. The van der Waals surface area contributed by atoms with Gasteiger partial charge in [0.2, 0.25) is 16.0 Å². The summed E-state index contributed by atoms with van der Waals surface area (Å²) in [5.74, 6) is -2.89. The zero-order valence-corrected chi connectivity index (χ0v) is 26.4. The second kappa shape index (κ2) is 15.9. The van der Waals surface area contributed by atoms with Crippen molar-refractivity contribution in [1.82, 2.24) is 24.1 Å². The van der Waals surface area contributed by atoms with E-state index >= 15 is 0 Å². The van der Waals surface area contributed by atoms with E-state index in [9.17, 15) is 18.0 Å². The molecule has 0 bridgehead atoms. The highest BCUT2D eigenvalue weighted by molar-refractivity contribution is 7.89. The fraction of sp³-hybridized carbons (Fsp3) is 0.357. The van der Waals surface area contributed by atoms with Crippen LogP contribution in [0.1, 0.15) is 5.56 Å². The van der Waals surface area contributed by atoms with Crippen molar-refractivity contribution in [2.24, 2.45) is 0 Å². The number of aliphatic carboxylic acids is 2. The van der Waals surface area contributed by atoms with Crippen molar-refractivity contribution in [3.63, 3.8) is 0 Å². The molecule has 244 valence electrons. The van der Waals surface area contributed by atoms with Crippen LogP contribution in [-0.2, 0) is 26.2 Å². The molecule has 2 heterocycles. The van der Waals surface area contributed by atoms with Crippen molar-refractivity contribution < 1.29 is 38.4 Å². The van der Waals surface area contributed by atoms with Crippen molar-refractivity contribution in [3.05, 3.63) is 65.3 Å². The van der Waals surface area contributed by atoms with Gasteiger partial charge in [-0.25, -0.2) is 27.3 Å². The van der Waals surface area contributed by atoms with Gasteiger partial charge < -0.3 is 36.0 Å². The average Bonchev–Trinajstić information content (AvgIpc) is 3.00. The third kappa shape index (κ3) is 10.1. The Labute approximate surface area is 265 Å². The molecule has 0 amide bonds. The van der Waals surface area contributed by atoms with Crippen LogP contribution < -0.4 is 10.6 Å². The summed E-state index contributed by atoms with van der Waals surface area (Å²) < 4.78 is 26.6. The summed E-state index contributed by atoms with van der Waals surface area (Å²) in [6.07, 6.45) is -3.06. The van der Waals surface area contributed by atoms with E-state index in [-0.39, 0.29) is 9.92 Å². The first-order valence-electron chi connectivity index (χ1n) is 13.6. The summed E-state index contributed by atoms with van der Waals surface area (Å²) >= 11 is 6.32. The number of nitrogens with one attached hydrogen (secondary N) is 2. The van der Waals surface area contributed by atoms with Gasteiger partial charge in [-0.05, 0) is 36.9 Å². The van der Waals surface area contributed by atoms with Crippen LogP contribution in [0.3, 0.4) is 0 Å². The lowest BCUT2D eigenvalue weighted by Gasteiger charge is -2.32. The van der Waals surface area contributed by atoms with Gasteiger partial charge in [-0.15, -0.1) is 0 Å². The number of aliphatic hydroxyl groups excluding tert-OH is 2. The van der Waals surface area contributed by atoms with Gasteiger partial charge in [0, 0.05) is 52.5 Å². The first-order valence-corrected chi connectivity index (χ1v) is 15.4. The van der Waals surface area contributed by atoms with Crippen molar-refractivity contribution in [1.29, 1.82) is 0 Å². The highest BCUT2D eigenvalue weighted by atomic mass is 35.5. The molecule has 0 saturated carbocycles. The Bertz CT molecular complexity index is 1550. The van der Waals surface area contributed by atoms with Gasteiger partial charge in [-0.3, -0.25) is 4.90 Å². The number of aliphatic hydroxyl groups is 2. The molecule has 1 fully saturated rings. The van der Waals surface area contributed by atoms with E-state index in [0.29, 0.717) is 17.5 Å². The van der Waals surface area contributed by atoms with E-state index in [1.54, 1.807) is 18.2 Å². The maximum Gasteiger partial charge on any atom is 0.335 e. The molecule has 2 aromatic carbocycles. The number of para-hydroxylation sites is 1. The highest BCUT2D eigenvalue weighted by Gasteiger charge is 2.29. The number of nitrogens with zero attached hydrogens (tertiary/aromatic N) is 5. The van der Waals surface area contributed by atoms with Crippen LogP contribution in [0.5, 0.6) is 0 Å². The van der Waals surface area contributed by atoms with Crippen molar-refractivity contribution in [2.45, 2.75) is 23.6 Å². The summed E-state index contributed by atoms with van der Waals surface area (Å²) in [6.45, 7) is 5.26. The molecular weight excluding hydrogens is 630 g/mol. The predicted molar refractivity (Wildman–Crippen MR) is 167 cm³/mol. The van der Waals surface area contributed by atoms with Gasteiger partial charge >= 0.3 is 11.9 Å². The Morgan fingerprint density at radius 3 is 2.09 bits per heavy atom. The number of hydrogen-bond donors (Lipinski definition) is 6. The molecule has 2 atom stereocenters. The lowest BCUT2D eigenvalue weighted by molar-refractivity contribution is -0.165. The van der Waals surface area contributed by atoms with Crippen molar-refractivity contribution in [3.8, 4) is 0 Å². The van der Waals surface area contributed by atoms with Gasteiger partial charge in [0.15, 0.2) is 18.0 Å². The number of carboxylic acids is 2. The molecule has 1 aromatic heterocycles. The lowest BCUT2D eigenvalue weighted by atomic mass is 10.2. The van der Waals surface area contributed by atoms with E-state index in [4.69, 9.17) is 32.0 Å². The summed E-state index contributed by atoms with van der Waals surface area (Å²) in [6, 6.07) is 14.8. The Morgan fingerprint density at radius 2 is 1.53 bits per heavy atom. The molecule has 1 aliphatic rings. The minimum atomic E-state index is -3.65. The molecule has 1 saturated heterocycles. The van der Waals surface area contributed by atoms with Crippen molar-refractivity contribution in [2.75, 3.05) is 58.0 Å². The molecule has 45 heavy (non-hydrogen) atoms. The number of hydrogen-bond acceptors (Lipinski definition) is 12. The van der Waals surface area contributed by atoms with Crippen LogP contribution in [-0.4, -0.2) is 124 Å². The van der Waals surface area contributed by atoms with Gasteiger partial charge in [0.1, 0.15) is 9.92 Å². The molecule has 6 N–H and O–H groups in total. The van der Waals surface area contributed by atoms with E-state index in [0.717, 1.165) is 42.7 Å². The molecule has 2 unspecified atom stereocenters. The van der Waals surface area contributed by atoms with Crippen LogP contribution in [0.2, 0.25) is 5.02 Å². The highest BCUT2D eigenvalue weighted by Crippen LogP contribution is 2.30. The quantitative estimate of drug-likeness (QED) is 0.172. The molecule has 4 rings (SSSR count). The van der Waals surface area contributed by atoms with Gasteiger partial charge in [-0.1, -0.05) is 35.9 Å². The molecular formula is C28H36ClN7O8S. The molecule has 0 spiro atoms. The minimum absolute atomic E-state index is 0.130. The monoisotopic (exact) mass is 665 g/mol. The Balaban J connectivity index is 0.000000477. The minimum Gasteiger partial charge on any atom is -0.479 e. The Hall–Kier alpha value is -3.90. The molecule has 17 heteroatoms. The number of benzene rings is 2. The van der Waals surface area contributed by atoms with Gasteiger partial charge in [-0.2, -0.15) is 4.98 Å². The zero-order chi connectivity index (χ0) is 33.3. The standard InChI is InChI=1S/C24H30ClN7O2S.C4H6O6/c1-30(2)35(33,34)22-7-5-4-6-21(22)28-23-20(25)16-26-24(29-23)27-19-10-8-18(9-11-19)17-32-14-12-31(3)13-15-32;5-1(3(7)8)2(6)4(9)10/h4-11,16H,12-15,17H2,1-3H3,(H2,26,27,28,29);1-2,5-6H,(H,7,8)(H,9,10). The van der Waals surface area contributed by atoms with Crippen LogP contribution in [0.25, 0.3) is 0 Å². The van der Waals surface area contributed by atoms with Crippen LogP contribution in [0.4, 0.5) is 23.1 Å². The number of halogens is 1. The smallest absolute Gasteiger partial charge is 0.335 e. The second-order valence-electron chi connectivity index (χ2n) is 10.3. The molecule has 3 aromatic rings. The normalized spacial score (nSPS) is 15.4. The number of carbonyl (C=O) groups is 2. The molecule has 1 aliphatic heterocycles. The molecule has 15 nitrogen and oxygen atoms in total. The lowest BCUT2D eigenvalue weighted by Crippen LogP contribution is -2.43. The van der Waals surface area contributed by atoms with Crippen LogP contribution in [0, 0.1) is 0 Å². The second-order valence-corrected chi connectivity index (χ2v) is 12.8. The fourth-order valence-electron chi connectivity index (χ4n) is 3.99. The number of carboxylic acid groups (broad SMARTS) is 2. The van der Waals surface area contributed by atoms with E-state index in [1.807, 2.05) is 12.1 Å². The average molecular weight is 666 g/mol. The van der Waals surface area contributed by atoms with Gasteiger partial charge in [0.25, 0.3) is 0 Å². The summed E-state index contributed by atoms with van der Waals surface area (Å²) in [5.41, 5.74) is 2.47. The number of aromatic nitrogens is 2. The van der Waals surface area contributed by atoms with E-state index in [2.05, 4.69) is 49.6 Å². The maximum absolute atomic E-state index is 12.7. The van der Waals surface area contributed by atoms with Crippen LogP contribution in [0.15, 0.2) is 59.6 Å². The number of piperazine rings is 1. The number of anilines is 4. The first-order chi connectivity index (χ1) is 21.2. The molecule has 0 radical (unpaired) electrons. The van der Waals surface area contributed by atoms with E-state index < -0.39 is 34.2 Å². The number of likely N-dealkylation sites (N-methyl/N-ethyl adjacent to an activating group) is 1. The van der Waals surface area contributed by atoms with Crippen molar-refractivity contribution >= 4 is 56.7 Å².